The molecule has 98 valence electrons. The number of aryl methyl sites for hydroxylation is 2. The first-order valence-corrected chi connectivity index (χ1v) is 7.45. The average Bonchev–Trinajstić information content (AvgIpc) is 3.00. The fraction of sp³-hybridized carbons (Fsp3) is 0.500. The van der Waals surface area contributed by atoms with Crippen LogP contribution in [0.25, 0.3) is 0 Å². The van der Waals surface area contributed by atoms with Crippen molar-refractivity contribution in [3.63, 3.8) is 0 Å². The van der Waals surface area contributed by atoms with Crippen molar-refractivity contribution in [1.82, 2.24) is 4.57 Å². The third-order valence-electron chi connectivity index (χ3n) is 2.90. The maximum absolute atomic E-state index is 5.62. The van der Waals surface area contributed by atoms with E-state index in [0.29, 0.717) is 0 Å². The summed E-state index contributed by atoms with van der Waals surface area (Å²) in [5.41, 5.74) is 0. The molecule has 18 heavy (non-hydrogen) atoms. The highest BCUT2D eigenvalue weighted by molar-refractivity contribution is 7.08. The molecule has 0 saturated carbocycles. The molecule has 0 saturated heterocycles. The maximum atomic E-state index is 5.62. The molecular weight excluding hydrogens is 244 g/mol. The van der Waals surface area contributed by atoms with Crippen LogP contribution < -0.4 is 9.30 Å². The third-order valence-corrected chi connectivity index (χ3v) is 3.56. The standard InChI is InChI=1S/C14H21N2OS/c1-15-8-9-16(13-15)7-4-2-3-5-10-17-14-6-11-18-12-14/h6,8-9,11-13H,2-5,7,10H2,1H3/q+1. The van der Waals surface area contributed by atoms with E-state index in [1.54, 1.807) is 11.3 Å². The predicted octanol–water partition coefficient (Wildman–Crippen LogP) is 3.01. The Bertz CT molecular complexity index is 436. The van der Waals surface area contributed by atoms with Gasteiger partial charge < -0.3 is 4.74 Å². The van der Waals surface area contributed by atoms with E-state index < -0.39 is 0 Å². The Morgan fingerprint density at radius 3 is 2.89 bits per heavy atom. The number of nitrogens with zero attached hydrogens (tertiary/aromatic N) is 2. The maximum Gasteiger partial charge on any atom is 0.243 e. The van der Waals surface area contributed by atoms with Gasteiger partial charge in [-0.2, -0.15) is 0 Å². The van der Waals surface area contributed by atoms with Crippen LogP contribution in [0, 0.1) is 0 Å². The lowest BCUT2D eigenvalue weighted by atomic mass is 10.2. The molecule has 2 rings (SSSR count). The van der Waals surface area contributed by atoms with Crippen molar-refractivity contribution in [2.24, 2.45) is 7.05 Å². The summed E-state index contributed by atoms with van der Waals surface area (Å²) in [5.74, 6) is 1.01. The van der Waals surface area contributed by atoms with Crippen molar-refractivity contribution in [1.29, 1.82) is 0 Å². The second kappa shape index (κ2) is 7.21. The van der Waals surface area contributed by atoms with Crippen LogP contribution in [-0.4, -0.2) is 11.2 Å². The smallest absolute Gasteiger partial charge is 0.243 e. The SMILES string of the molecule is C[n+]1ccn(CCCCCCOc2ccsc2)c1. The van der Waals surface area contributed by atoms with Gasteiger partial charge in [0.05, 0.1) is 20.2 Å². The zero-order valence-electron chi connectivity index (χ0n) is 10.9. The van der Waals surface area contributed by atoms with Gasteiger partial charge >= 0.3 is 0 Å². The van der Waals surface area contributed by atoms with Gasteiger partial charge in [0, 0.05) is 5.38 Å². The molecule has 0 spiro atoms. The van der Waals surface area contributed by atoms with Gasteiger partial charge in [-0.1, -0.05) is 0 Å². The second-order valence-electron chi connectivity index (χ2n) is 4.54. The highest BCUT2D eigenvalue weighted by Gasteiger charge is 1.99. The van der Waals surface area contributed by atoms with Gasteiger partial charge in [0.15, 0.2) is 0 Å². The molecule has 0 aliphatic rings. The van der Waals surface area contributed by atoms with Crippen molar-refractivity contribution in [2.75, 3.05) is 6.61 Å². The van der Waals surface area contributed by atoms with E-state index in [2.05, 4.69) is 34.9 Å². The molecule has 0 aliphatic heterocycles. The first kappa shape index (κ1) is 13.1. The summed E-state index contributed by atoms with van der Waals surface area (Å²) in [6.07, 6.45) is 11.2. The van der Waals surface area contributed by atoms with Crippen molar-refractivity contribution < 1.29 is 9.30 Å². The molecule has 0 atom stereocenters. The molecule has 2 aromatic heterocycles. The topological polar surface area (TPSA) is 18.0 Å². The minimum atomic E-state index is 0.842. The Kier molecular flexibility index (Phi) is 5.27. The highest BCUT2D eigenvalue weighted by atomic mass is 32.1. The van der Waals surface area contributed by atoms with Gasteiger partial charge in [0.1, 0.15) is 18.1 Å². The van der Waals surface area contributed by atoms with Crippen LogP contribution in [0.5, 0.6) is 5.75 Å². The van der Waals surface area contributed by atoms with Crippen molar-refractivity contribution in [2.45, 2.75) is 32.2 Å². The normalized spacial score (nSPS) is 10.7. The number of unbranched alkanes of at least 4 members (excludes halogenated alkanes) is 3. The van der Waals surface area contributed by atoms with Crippen molar-refractivity contribution in [3.05, 3.63) is 35.5 Å². The molecule has 2 aromatic rings. The number of thiophene rings is 1. The van der Waals surface area contributed by atoms with Crippen LogP contribution in [0.1, 0.15) is 25.7 Å². The molecule has 0 amide bonds. The van der Waals surface area contributed by atoms with E-state index >= 15 is 0 Å². The number of hydrogen-bond acceptors (Lipinski definition) is 2. The monoisotopic (exact) mass is 265 g/mol. The van der Waals surface area contributed by atoms with Gasteiger partial charge in [-0.05, 0) is 37.1 Å². The molecule has 0 N–H and O–H groups in total. The van der Waals surface area contributed by atoms with Crippen LogP contribution in [0.4, 0.5) is 0 Å². The summed E-state index contributed by atoms with van der Waals surface area (Å²) in [5, 5.41) is 4.10. The van der Waals surface area contributed by atoms with E-state index in [1.165, 1.54) is 19.3 Å². The van der Waals surface area contributed by atoms with Gasteiger partial charge in [0.25, 0.3) is 0 Å². The van der Waals surface area contributed by atoms with Crippen molar-refractivity contribution >= 4 is 11.3 Å². The summed E-state index contributed by atoms with van der Waals surface area (Å²) in [4.78, 5) is 0. The zero-order chi connectivity index (χ0) is 12.6. The second-order valence-corrected chi connectivity index (χ2v) is 5.32. The van der Waals surface area contributed by atoms with Crippen LogP contribution in [0.15, 0.2) is 35.5 Å². The fourth-order valence-electron chi connectivity index (χ4n) is 1.91. The number of hydrogen-bond donors (Lipinski definition) is 0. The summed E-state index contributed by atoms with van der Waals surface area (Å²) in [7, 11) is 2.05. The molecule has 0 radical (unpaired) electrons. The van der Waals surface area contributed by atoms with Crippen LogP contribution in [0.3, 0.4) is 0 Å². The average molecular weight is 265 g/mol. The van der Waals surface area contributed by atoms with Crippen LogP contribution in [0.2, 0.25) is 0 Å². The predicted molar refractivity (Wildman–Crippen MR) is 73.9 cm³/mol. The largest absolute Gasteiger partial charge is 0.493 e. The Balaban J connectivity index is 1.46. The number of imidazole rings is 1. The van der Waals surface area contributed by atoms with Gasteiger partial charge in [-0.3, -0.25) is 0 Å². The molecule has 0 aromatic carbocycles. The van der Waals surface area contributed by atoms with E-state index in [0.717, 1.165) is 25.3 Å². The van der Waals surface area contributed by atoms with Crippen molar-refractivity contribution in [3.8, 4) is 5.75 Å². The van der Waals surface area contributed by atoms with E-state index in [1.807, 2.05) is 16.8 Å². The molecular formula is C14H21N2OS+. The zero-order valence-corrected chi connectivity index (χ0v) is 11.7. The molecule has 0 aliphatic carbocycles. The Morgan fingerprint density at radius 1 is 1.28 bits per heavy atom. The van der Waals surface area contributed by atoms with Gasteiger partial charge in [0.2, 0.25) is 6.33 Å². The van der Waals surface area contributed by atoms with E-state index in [4.69, 9.17) is 4.74 Å². The van der Waals surface area contributed by atoms with Crippen LogP contribution >= 0.6 is 11.3 Å². The first-order valence-electron chi connectivity index (χ1n) is 6.50. The summed E-state index contributed by atoms with van der Waals surface area (Å²) >= 11 is 1.68. The lowest BCUT2D eigenvalue weighted by Gasteiger charge is -2.03. The molecule has 0 fully saturated rings. The van der Waals surface area contributed by atoms with E-state index in [9.17, 15) is 0 Å². The number of ether oxygens (including phenoxy) is 1. The Hall–Kier alpha value is -1.29. The van der Waals surface area contributed by atoms with Crippen LogP contribution in [-0.2, 0) is 13.6 Å². The Labute approximate surface area is 113 Å². The lowest BCUT2D eigenvalue weighted by molar-refractivity contribution is -0.671. The molecule has 0 unspecified atom stereocenters. The minimum Gasteiger partial charge on any atom is -0.493 e. The molecule has 3 nitrogen and oxygen atoms in total. The van der Waals surface area contributed by atoms with Gasteiger partial charge in [-0.15, -0.1) is 11.3 Å². The highest BCUT2D eigenvalue weighted by Crippen LogP contribution is 2.15. The van der Waals surface area contributed by atoms with E-state index in [-0.39, 0.29) is 0 Å². The molecule has 2 heterocycles. The summed E-state index contributed by atoms with van der Waals surface area (Å²) < 4.78 is 9.93. The molecule has 0 bridgehead atoms. The summed E-state index contributed by atoms with van der Waals surface area (Å²) in [6.45, 7) is 1.96. The minimum absolute atomic E-state index is 0.842. The first-order chi connectivity index (χ1) is 8.84. The quantitative estimate of drug-likeness (QED) is 0.530. The third kappa shape index (κ3) is 4.53. The Morgan fingerprint density at radius 2 is 2.17 bits per heavy atom. The number of aromatic nitrogens is 2. The lowest BCUT2D eigenvalue weighted by Crippen LogP contribution is -2.23. The fourth-order valence-corrected chi connectivity index (χ4v) is 2.48. The van der Waals surface area contributed by atoms with Gasteiger partial charge in [-0.25, -0.2) is 9.13 Å². The summed E-state index contributed by atoms with van der Waals surface area (Å²) in [6, 6.07) is 2.02. The molecule has 4 heteroatoms. The number of rotatable bonds is 8.